The molecule has 0 aromatic heterocycles. The zero-order valence-electron chi connectivity index (χ0n) is 11.1. The van der Waals surface area contributed by atoms with Crippen LogP contribution in [0.25, 0.3) is 0 Å². The first-order valence-corrected chi connectivity index (χ1v) is 8.65. The van der Waals surface area contributed by atoms with Gasteiger partial charge in [0.05, 0.1) is 6.54 Å². The van der Waals surface area contributed by atoms with Crippen molar-refractivity contribution in [2.45, 2.75) is 15.6 Å². The molecule has 3 N–H and O–H groups in total. The number of hydrogen-bond donors (Lipinski definition) is 7. The summed E-state index contributed by atoms with van der Waals surface area (Å²) in [5.41, 5.74) is 5.28. The largest absolute Gasteiger partial charge is 0.460 e. The Morgan fingerprint density at radius 2 is 1.76 bits per heavy atom. The molecule has 3 unspecified atom stereocenters. The van der Waals surface area contributed by atoms with Crippen molar-refractivity contribution in [1.82, 2.24) is 4.90 Å². The molecule has 0 saturated heterocycles. The van der Waals surface area contributed by atoms with Gasteiger partial charge in [-0.2, -0.15) is 50.5 Å². The second kappa shape index (κ2) is 10.4. The lowest BCUT2D eigenvalue weighted by atomic mass is 10.3. The molecule has 0 radical (unpaired) electrons. The van der Waals surface area contributed by atoms with Crippen molar-refractivity contribution in [3.05, 3.63) is 0 Å². The van der Waals surface area contributed by atoms with Gasteiger partial charge < -0.3 is 15.6 Å². The molecule has 3 atom stereocenters. The normalized spacial score (nSPS) is 16.7. The van der Waals surface area contributed by atoms with Crippen LogP contribution < -0.4 is 5.73 Å². The maximum absolute atomic E-state index is 11.9. The number of nitrogens with zero attached hydrogens (tertiary/aromatic N) is 1. The Morgan fingerprint density at radius 3 is 2.19 bits per heavy atom. The van der Waals surface area contributed by atoms with Crippen LogP contribution in [0.1, 0.15) is 0 Å². The van der Waals surface area contributed by atoms with Gasteiger partial charge in [0.15, 0.2) is 0 Å². The van der Waals surface area contributed by atoms with Crippen LogP contribution in [-0.4, -0.2) is 68.6 Å². The molecule has 0 heterocycles. The van der Waals surface area contributed by atoms with E-state index in [-0.39, 0.29) is 23.7 Å². The first-order valence-electron chi connectivity index (χ1n) is 5.91. The summed E-state index contributed by atoms with van der Waals surface area (Å²) in [5.74, 6) is -1.05. The lowest BCUT2D eigenvalue weighted by Gasteiger charge is -2.35. The van der Waals surface area contributed by atoms with E-state index in [1.54, 1.807) is 0 Å². The van der Waals surface area contributed by atoms with Gasteiger partial charge in [-0.1, -0.05) is 0 Å². The Labute approximate surface area is 151 Å². The van der Waals surface area contributed by atoms with E-state index in [1.807, 2.05) is 0 Å². The van der Waals surface area contributed by atoms with Crippen LogP contribution in [0.5, 0.6) is 0 Å². The maximum Gasteiger partial charge on any atom is 0.371 e. The van der Waals surface area contributed by atoms with Crippen LogP contribution in [-0.2, 0) is 14.3 Å². The Bertz CT molecular complexity index is 358. The smallest absolute Gasteiger partial charge is 0.371 e. The van der Waals surface area contributed by atoms with Crippen molar-refractivity contribution in [3.63, 3.8) is 0 Å². The fourth-order valence-corrected chi connectivity index (χ4v) is 1.93. The minimum Gasteiger partial charge on any atom is -0.460 e. The van der Waals surface area contributed by atoms with Gasteiger partial charge in [0.2, 0.25) is 5.91 Å². The zero-order valence-corrected chi connectivity index (χ0v) is 15.6. The summed E-state index contributed by atoms with van der Waals surface area (Å²) in [7, 11) is 0. The molecule has 11 heteroatoms. The van der Waals surface area contributed by atoms with E-state index < -0.39 is 23.5 Å². The Kier molecular flexibility index (Phi) is 10.7. The zero-order chi connectivity index (χ0) is 16.6. The Morgan fingerprint density at radius 1 is 1.24 bits per heavy atom. The van der Waals surface area contributed by atoms with Gasteiger partial charge in [0.25, 0.3) is 5.06 Å². The molecule has 0 aliphatic rings. The van der Waals surface area contributed by atoms with E-state index in [9.17, 15) is 14.7 Å². The molecule has 21 heavy (non-hydrogen) atoms. The highest BCUT2D eigenvalue weighted by molar-refractivity contribution is 7.85. The third-order valence-corrected chi connectivity index (χ3v) is 4.91. The SMILES string of the molecule is NCC(=O)N(CC(S)CS)C(O)(S)C(=O)OCC(S)CS. The van der Waals surface area contributed by atoms with Crippen molar-refractivity contribution in [2.24, 2.45) is 5.73 Å². The van der Waals surface area contributed by atoms with Crippen molar-refractivity contribution < 1.29 is 19.4 Å². The predicted molar refractivity (Wildman–Crippen MR) is 98.9 cm³/mol. The van der Waals surface area contributed by atoms with E-state index in [0.717, 1.165) is 4.90 Å². The van der Waals surface area contributed by atoms with Gasteiger partial charge in [-0.3, -0.25) is 9.69 Å². The molecule has 124 valence electrons. The lowest BCUT2D eigenvalue weighted by Crippen LogP contribution is -2.57. The number of carbonyl (C=O) groups is 2. The van der Waals surface area contributed by atoms with Crippen LogP contribution >= 0.6 is 63.1 Å². The van der Waals surface area contributed by atoms with Crippen molar-refractivity contribution >= 4 is 75.0 Å². The molecular formula is C10H20N2O4S5. The quantitative estimate of drug-likeness (QED) is 0.161. The van der Waals surface area contributed by atoms with Crippen molar-refractivity contribution in [3.8, 4) is 0 Å². The number of rotatable bonds is 9. The topological polar surface area (TPSA) is 92.9 Å². The highest BCUT2D eigenvalue weighted by Gasteiger charge is 2.43. The number of nitrogens with two attached hydrogens (primary N) is 1. The molecule has 0 rings (SSSR count). The van der Waals surface area contributed by atoms with E-state index in [2.05, 4.69) is 63.1 Å². The van der Waals surface area contributed by atoms with E-state index in [4.69, 9.17) is 10.5 Å². The van der Waals surface area contributed by atoms with Gasteiger partial charge >= 0.3 is 5.97 Å². The lowest BCUT2D eigenvalue weighted by molar-refractivity contribution is -0.175. The highest BCUT2D eigenvalue weighted by atomic mass is 32.1. The predicted octanol–water partition coefficient (Wildman–Crippen LogP) is -0.651. The summed E-state index contributed by atoms with van der Waals surface area (Å²) in [5, 5.41) is 7.10. The summed E-state index contributed by atoms with van der Waals surface area (Å²) in [6.07, 6.45) is 0. The monoisotopic (exact) mass is 392 g/mol. The fourth-order valence-electron chi connectivity index (χ4n) is 1.21. The number of amides is 1. The molecule has 0 bridgehead atoms. The maximum atomic E-state index is 11.9. The molecule has 0 aliphatic heterocycles. The molecule has 0 aliphatic carbocycles. The summed E-state index contributed by atoms with van der Waals surface area (Å²) in [6.45, 7) is -0.528. The number of carbonyl (C=O) groups excluding carboxylic acids is 2. The van der Waals surface area contributed by atoms with Gasteiger partial charge in [-0.05, 0) is 0 Å². The Hall–Kier alpha value is 0.610. The van der Waals surface area contributed by atoms with Gasteiger partial charge in [-0.15, -0.1) is 12.6 Å². The molecule has 0 aromatic rings. The van der Waals surface area contributed by atoms with E-state index >= 15 is 0 Å². The molecule has 6 nitrogen and oxygen atoms in total. The summed E-state index contributed by atoms with van der Waals surface area (Å²) < 4.78 is 4.88. The van der Waals surface area contributed by atoms with Gasteiger partial charge in [0, 0.05) is 28.6 Å². The number of aliphatic hydroxyl groups is 1. The van der Waals surface area contributed by atoms with E-state index in [0.29, 0.717) is 11.5 Å². The number of thiol groups is 5. The summed E-state index contributed by atoms with van der Waals surface area (Å²) >= 11 is 20.1. The van der Waals surface area contributed by atoms with Crippen LogP contribution in [0.4, 0.5) is 0 Å². The molecule has 0 spiro atoms. The third kappa shape index (κ3) is 7.14. The van der Waals surface area contributed by atoms with Crippen molar-refractivity contribution in [2.75, 3.05) is 31.2 Å². The summed E-state index contributed by atoms with van der Waals surface area (Å²) in [4.78, 5) is 24.5. The average Bonchev–Trinajstić information content (AvgIpc) is 2.48. The van der Waals surface area contributed by atoms with Gasteiger partial charge in [0.1, 0.15) is 6.61 Å². The Balaban J connectivity index is 4.98. The average molecular weight is 393 g/mol. The number of esters is 1. The molecule has 0 saturated carbocycles. The molecular weight excluding hydrogens is 372 g/mol. The first kappa shape index (κ1) is 21.6. The van der Waals surface area contributed by atoms with Crippen LogP contribution in [0.3, 0.4) is 0 Å². The van der Waals surface area contributed by atoms with Gasteiger partial charge in [-0.25, -0.2) is 4.79 Å². The second-order valence-electron chi connectivity index (χ2n) is 4.12. The van der Waals surface area contributed by atoms with Crippen LogP contribution in [0.15, 0.2) is 0 Å². The molecule has 0 fully saturated rings. The minimum absolute atomic E-state index is 0.0609. The van der Waals surface area contributed by atoms with Crippen LogP contribution in [0, 0.1) is 0 Å². The summed E-state index contributed by atoms with van der Waals surface area (Å²) in [6, 6.07) is 0. The van der Waals surface area contributed by atoms with Crippen molar-refractivity contribution in [1.29, 1.82) is 0 Å². The van der Waals surface area contributed by atoms with Crippen LogP contribution in [0.2, 0.25) is 0 Å². The molecule has 0 aromatic carbocycles. The second-order valence-corrected chi connectivity index (χ2v) is 6.93. The third-order valence-electron chi connectivity index (χ3n) is 2.35. The fraction of sp³-hybridized carbons (Fsp3) is 0.800. The van der Waals surface area contributed by atoms with E-state index in [1.165, 1.54) is 0 Å². The highest BCUT2D eigenvalue weighted by Crippen LogP contribution is 2.21. The first-order chi connectivity index (χ1) is 9.70. The molecule has 1 amide bonds. The standard InChI is InChI=1S/C10H20N2O4S5/c11-1-8(13)12(2-6(19)4-17)10(15,21)9(14)16-3-7(20)5-18/h6-7,15,17-21H,1-5,11H2. The number of ether oxygens (including phenoxy) is 1. The minimum atomic E-state index is -2.44. The number of hydrogen-bond acceptors (Lipinski definition) is 10.